The monoisotopic (exact) mass is 320 g/mol. The number of aromatic nitrogens is 1. The fourth-order valence-corrected chi connectivity index (χ4v) is 3.51. The molecule has 0 aliphatic carbocycles. The number of oxazole rings is 1. The molecule has 3 aromatic rings. The van der Waals surface area contributed by atoms with Gasteiger partial charge in [0.25, 0.3) is 0 Å². The van der Waals surface area contributed by atoms with Gasteiger partial charge < -0.3 is 9.32 Å². The maximum atomic E-state index is 5.94. The third kappa shape index (κ3) is 3.51. The Morgan fingerprint density at radius 3 is 2.46 bits per heavy atom. The minimum absolute atomic E-state index is 0.861. The van der Waals surface area contributed by atoms with Gasteiger partial charge in [-0.2, -0.15) is 0 Å². The quantitative estimate of drug-likeness (QED) is 0.684. The summed E-state index contributed by atoms with van der Waals surface area (Å²) in [6.07, 6.45) is 6.31. The van der Waals surface area contributed by atoms with Crippen molar-refractivity contribution in [2.24, 2.45) is 0 Å². The van der Waals surface area contributed by atoms with Crippen LogP contribution in [0.5, 0.6) is 0 Å². The van der Waals surface area contributed by atoms with Crippen LogP contribution in [0.4, 0.5) is 0 Å². The van der Waals surface area contributed by atoms with Gasteiger partial charge in [0, 0.05) is 13.0 Å². The SMILES string of the molecule is c1ccc(-c2ccc3oc(CCN4CCCCCC4)nc3c2)cc1. The second-order valence-corrected chi connectivity index (χ2v) is 6.66. The summed E-state index contributed by atoms with van der Waals surface area (Å²) in [5.41, 5.74) is 4.26. The van der Waals surface area contributed by atoms with Crippen molar-refractivity contribution in [3.8, 4) is 11.1 Å². The van der Waals surface area contributed by atoms with E-state index in [2.05, 4.69) is 41.3 Å². The van der Waals surface area contributed by atoms with Gasteiger partial charge in [-0.15, -0.1) is 0 Å². The highest BCUT2D eigenvalue weighted by molar-refractivity contribution is 5.80. The molecule has 2 heterocycles. The van der Waals surface area contributed by atoms with Crippen molar-refractivity contribution in [3.63, 3.8) is 0 Å². The maximum Gasteiger partial charge on any atom is 0.196 e. The first-order chi connectivity index (χ1) is 11.9. The van der Waals surface area contributed by atoms with E-state index in [-0.39, 0.29) is 0 Å². The molecule has 3 heteroatoms. The molecule has 4 rings (SSSR count). The average molecular weight is 320 g/mol. The predicted octanol–water partition coefficient (Wildman–Crippen LogP) is 4.91. The molecule has 1 aliphatic rings. The van der Waals surface area contributed by atoms with Gasteiger partial charge in [-0.1, -0.05) is 49.2 Å². The normalized spacial score (nSPS) is 16.3. The summed E-state index contributed by atoms with van der Waals surface area (Å²) < 4.78 is 5.94. The van der Waals surface area contributed by atoms with Crippen molar-refractivity contribution in [2.75, 3.05) is 19.6 Å². The highest BCUT2D eigenvalue weighted by Crippen LogP contribution is 2.25. The third-order valence-electron chi connectivity index (χ3n) is 4.88. The standard InChI is InChI=1S/C21H24N2O/c1-2-7-14-23(13-6-1)15-12-21-22-19-16-18(10-11-20(19)24-21)17-8-4-3-5-9-17/h3-5,8-11,16H,1-2,6-7,12-15H2. The number of hydrogen-bond donors (Lipinski definition) is 0. The summed E-state index contributed by atoms with van der Waals surface area (Å²) in [6.45, 7) is 3.50. The molecule has 0 bridgehead atoms. The van der Waals surface area contributed by atoms with Crippen LogP contribution in [0.1, 0.15) is 31.6 Å². The lowest BCUT2D eigenvalue weighted by Gasteiger charge is -2.18. The van der Waals surface area contributed by atoms with Crippen LogP contribution in [0.15, 0.2) is 52.9 Å². The Morgan fingerprint density at radius 1 is 0.875 bits per heavy atom. The Balaban J connectivity index is 1.49. The number of nitrogens with zero attached hydrogens (tertiary/aromatic N) is 2. The fourth-order valence-electron chi connectivity index (χ4n) is 3.51. The number of likely N-dealkylation sites (tertiary alicyclic amines) is 1. The van der Waals surface area contributed by atoms with E-state index in [0.717, 1.165) is 30.0 Å². The molecule has 0 N–H and O–H groups in total. The van der Waals surface area contributed by atoms with E-state index < -0.39 is 0 Å². The minimum atomic E-state index is 0.861. The molecule has 0 spiro atoms. The van der Waals surface area contributed by atoms with Gasteiger partial charge in [0.05, 0.1) is 0 Å². The van der Waals surface area contributed by atoms with Crippen molar-refractivity contribution in [2.45, 2.75) is 32.1 Å². The molecule has 0 atom stereocenters. The lowest BCUT2D eigenvalue weighted by atomic mass is 10.1. The van der Waals surface area contributed by atoms with E-state index in [1.165, 1.54) is 49.9 Å². The van der Waals surface area contributed by atoms with Gasteiger partial charge in [-0.05, 0) is 49.2 Å². The smallest absolute Gasteiger partial charge is 0.196 e. The highest BCUT2D eigenvalue weighted by Gasteiger charge is 2.12. The summed E-state index contributed by atoms with van der Waals surface area (Å²) in [4.78, 5) is 7.27. The first-order valence-corrected chi connectivity index (χ1v) is 9.06. The average Bonchev–Trinajstić information content (AvgIpc) is 2.85. The number of hydrogen-bond acceptors (Lipinski definition) is 3. The summed E-state index contributed by atoms with van der Waals surface area (Å²) in [6, 6.07) is 16.7. The molecule has 3 nitrogen and oxygen atoms in total. The first kappa shape index (κ1) is 15.4. The summed E-state index contributed by atoms with van der Waals surface area (Å²) in [7, 11) is 0. The molecule has 1 aromatic heterocycles. The Kier molecular flexibility index (Phi) is 4.61. The topological polar surface area (TPSA) is 29.3 Å². The van der Waals surface area contributed by atoms with Gasteiger partial charge >= 0.3 is 0 Å². The van der Waals surface area contributed by atoms with E-state index in [1.807, 2.05) is 12.1 Å². The molecule has 1 aliphatic heterocycles. The lowest BCUT2D eigenvalue weighted by molar-refractivity contribution is 0.280. The zero-order chi connectivity index (χ0) is 16.2. The van der Waals surface area contributed by atoms with Crippen LogP contribution in [0.3, 0.4) is 0 Å². The van der Waals surface area contributed by atoms with Gasteiger partial charge in [0.2, 0.25) is 0 Å². The zero-order valence-electron chi connectivity index (χ0n) is 14.1. The van der Waals surface area contributed by atoms with Gasteiger partial charge in [0.1, 0.15) is 5.52 Å². The highest BCUT2D eigenvalue weighted by atomic mass is 16.3. The van der Waals surface area contributed by atoms with E-state index in [0.29, 0.717) is 0 Å². The Hall–Kier alpha value is -2.13. The van der Waals surface area contributed by atoms with Crippen LogP contribution < -0.4 is 0 Å². The predicted molar refractivity (Wildman–Crippen MR) is 98.1 cm³/mol. The van der Waals surface area contributed by atoms with E-state index in [1.54, 1.807) is 0 Å². The van der Waals surface area contributed by atoms with Crippen LogP contribution >= 0.6 is 0 Å². The van der Waals surface area contributed by atoms with Crippen LogP contribution in [-0.2, 0) is 6.42 Å². The van der Waals surface area contributed by atoms with Crippen molar-refractivity contribution >= 4 is 11.1 Å². The molecule has 2 aromatic carbocycles. The van der Waals surface area contributed by atoms with Crippen LogP contribution in [0.25, 0.3) is 22.2 Å². The van der Waals surface area contributed by atoms with Crippen molar-refractivity contribution < 1.29 is 4.42 Å². The Labute approximate surface area is 143 Å². The molecule has 1 saturated heterocycles. The van der Waals surface area contributed by atoms with Gasteiger partial charge in [-0.3, -0.25) is 0 Å². The Bertz CT molecular complexity index is 786. The van der Waals surface area contributed by atoms with Crippen molar-refractivity contribution in [1.29, 1.82) is 0 Å². The Morgan fingerprint density at radius 2 is 1.67 bits per heavy atom. The molecular weight excluding hydrogens is 296 g/mol. The molecule has 124 valence electrons. The second-order valence-electron chi connectivity index (χ2n) is 6.66. The van der Waals surface area contributed by atoms with Gasteiger partial charge in [0.15, 0.2) is 11.5 Å². The molecular formula is C21H24N2O. The summed E-state index contributed by atoms with van der Waals surface area (Å²) in [5, 5.41) is 0. The third-order valence-corrected chi connectivity index (χ3v) is 4.88. The first-order valence-electron chi connectivity index (χ1n) is 9.06. The minimum Gasteiger partial charge on any atom is -0.441 e. The summed E-state index contributed by atoms with van der Waals surface area (Å²) >= 11 is 0. The molecule has 0 saturated carbocycles. The molecule has 24 heavy (non-hydrogen) atoms. The zero-order valence-corrected chi connectivity index (χ0v) is 14.1. The largest absolute Gasteiger partial charge is 0.441 e. The second kappa shape index (κ2) is 7.18. The maximum absolute atomic E-state index is 5.94. The summed E-state index contributed by atoms with van der Waals surface area (Å²) in [5.74, 6) is 0.861. The van der Waals surface area contributed by atoms with Crippen LogP contribution in [0.2, 0.25) is 0 Å². The van der Waals surface area contributed by atoms with E-state index >= 15 is 0 Å². The number of fused-ring (bicyclic) bond motifs is 1. The molecule has 0 unspecified atom stereocenters. The fraction of sp³-hybridized carbons (Fsp3) is 0.381. The van der Waals surface area contributed by atoms with Crippen LogP contribution in [-0.4, -0.2) is 29.5 Å². The van der Waals surface area contributed by atoms with Crippen molar-refractivity contribution in [1.82, 2.24) is 9.88 Å². The van der Waals surface area contributed by atoms with E-state index in [9.17, 15) is 0 Å². The van der Waals surface area contributed by atoms with Gasteiger partial charge in [-0.25, -0.2) is 4.98 Å². The molecule has 1 fully saturated rings. The molecule has 0 radical (unpaired) electrons. The van der Waals surface area contributed by atoms with Crippen LogP contribution in [0, 0.1) is 0 Å². The van der Waals surface area contributed by atoms with E-state index in [4.69, 9.17) is 9.40 Å². The molecule has 0 amide bonds. The number of benzene rings is 2. The number of rotatable bonds is 4. The lowest BCUT2D eigenvalue weighted by Crippen LogP contribution is -2.27. The van der Waals surface area contributed by atoms with Crippen molar-refractivity contribution in [3.05, 3.63) is 54.4 Å².